The van der Waals surface area contributed by atoms with Crippen LogP contribution in [0.5, 0.6) is 0 Å². The lowest BCUT2D eigenvalue weighted by Crippen LogP contribution is -2.14. The first kappa shape index (κ1) is 68.0. The first-order valence-corrected chi connectivity index (χ1v) is 37.3. The standard InChI is InChI=1S/C66H68N4O2.C21H34N2/c1-3-5-7-9-11-13-15-17-19-21-23-25-27-29-45-31-41-55-57(43-45)69-63(67-55)51-37-33-47-50-36-40-54-62-52(38-34-48(60(50)62)49-35-39-53(65(69)71)61(51)59(47)49)64-68-56-42-32-46(44-58(56)70(64)66(54)72)30-28-26-24-22-20-18-16-14-12-10-8-6-4-2;1-2-3-4-5-6-7-8-9-10-11-12-13-14-15-19-16-17-20(22)21(23)18-19/h31-44H,3-26H2,1-2H3;16-18H,2-13,22-23H2,1H3. The lowest BCUT2D eigenvalue weighted by atomic mass is 9.86. The number of pyridine rings is 2. The van der Waals surface area contributed by atoms with Gasteiger partial charge >= 0.3 is 0 Å². The van der Waals surface area contributed by atoms with Crippen molar-refractivity contribution in [2.45, 2.75) is 252 Å². The molecule has 12 rings (SSSR count). The molecule has 0 aliphatic carbocycles. The van der Waals surface area contributed by atoms with Crippen LogP contribution in [-0.2, 0) is 0 Å². The smallest absolute Gasteiger partial charge is 0.264 e. The van der Waals surface area contributed by atoms with Gasteiger partial charge in [-0.15, -0.1) is 0 Å². The van der Waals surface area contributed by atoms with Gasteiger partial charge in [0.05, 0.1) is 33.4 Å². The van der Waals surface area contributed by atoms with Gasteiger partial charge in [0.15, 0.2) is 0 Å². The maximum Gasteiger partial charge on any atom is 0.264 e. The highest BCUT2D eigenvalue weighted by Gasteiger charge is 2.24. The fourth-order valence-electron chi connectivity index (χ4n) is 14.7. The maximum absolute atomic E-state index is 14.7. The summed E-state index contributed by atoms with van der Waals surface area (Å²) < 4.78 is 3.58. The van der Waals surface area contributed by atoms with Gasteiger partial charge in [0.2, 0.25) is 0 Å². The Morgan fingerprint density at radius 3 is 0.905 bits per heavy atom. The second kappa shape index (κ2) is 34.3. The Morgan fingerprint density at radius 1 is 0.305 bits per heavy atom. The summed E-state index contributed by atoms with van der Waals surface area (Å²) in [6.45, 7) is 6.83. The molecule has 0 saturated heterocycles. The summed E-state index contributed by atoms with van der Waals surface area (Å²) in [6.07, 6.45) is 46.9. The molecular weight excluding hydrogens is 1160 g/mol. The number of rotatable bonds is 33. The van der Waals surface area contributed by atoms with E-state index in [1.54, 1.807) is 8.80 Å². The molecule has 0 bridgehead atoms. The molecule has 4 N–H and O–H groups in total. The van der Waals surface area contributed by atoms with Gasteiger partial charge in [-0.3, -0.25) is 18.4 Å². The predicted octanol–water partition coefficient (Wildman–Crippen LogP) is 23.3. The highest BCUT2D eigenvalue weighted by molar-refractivity contribution is 6.40. The number of imidazole rings is 2. The highest BCUT2D eigenvalue weighted by atomic mass is 16.1. The van der Waals surface area contributed by atoms with Gasteiger partial charge in [-0.05, 0) is 130 Å². The van der Waals surface area contributed by atoms with Crippen molar-refractivity contribution in [1.29, 1.82) is 0 Å². The third-order valence-corrected chi connectivity index (χ3v) is 20.1. The number of fused-ring (bicyclic) bond motifs is 10. The fraction of sp³-hybridized carbons (Fsp3) is 0.448. The minimum absolute atomic E-state index is 0.0752. The van der Waals surface area contributed by atoms with Crippen molar-refractivity contribution in [3.05, 3.63) is 141 Å². The molecule has 0 atom stereocenters. The number of nitrogens with two attached hydrogens (primary N) is 2. The van der Waals surface area contributed by atoms with Crippen LogP contribution < -0.4 is 22.6 Å². The van der Waals surface area contributed by atoms with Crippen molar-refractivity contribution in [3.63, 3.8) is 0 Å². The monoisotopic (exact) mass is 1260 g/mol. The molecular formula is C87H102N6O2. The van der Waals surface area contributed by atoms with Gasteiger partial charge in [0.1, 0.15) is 11.3 Å². The van der Waals surface area contributed by atoms with E-state index in [1.165, 1.54) is 199 Å². The maximum atomic E-state index is 14.7. The zero-order chi connectivity index (χ0) is 65.7. The van der Waals surface area contributed by atoms with Crippen LogP contribution in [0.15, 0.2) is 113 Å². The van der Waals surface area contributed by atoms with E-state index in [1.807, 2.05) is 66.7 Å². The van der Waals surface area contributed by atoms with Crippen molar-refractivity contribution in [2.75, 3.05) is 11.5 Å². The summed E-state index contributed by atoms with van der Waals surface area (Å²) in [6, 6.07) is 34.6. The fourth-order valence-corrected chi connectivity index (χ4v) is 14.7. The van der Waals surface area contributed by atoms with Crippen LogP contribution in [0.1, 0.15) is 269 Å². The number of anilines is 2. The topological polar surface area (TPSA) is 121 Å². The number of benzene rings is 8. The van der Waals surface area contributed by atoms with Gasteiger partial charge in [-0.25, -0.2) is 9.97 Å². The largest absolute Gasteiger partial charge is 0.397 e. The Hall–Kier alpha value is -8.38. The molecule has 0 aliphatic rings. The Morgan fingerprint density at radius 2 is 0.579 bits per heavy atom. The molecule has 0 amide bonds. The molecule has 95 heavy (non-hydrogen) atoms. The van der Waals surface area contributed by atoms with E-state index >= 15 is 0 Å². The average Bonchev–Trinajstić information content (AvgIpc) is 1.63. The summed E-state index contributed by atoms with van der Waals surface area (Å²) in [5.41, 5.74) is 19.8. The normalized spacial score (nSPS) is 11.7. The lowest BCUT2D eigenvalue weighted by molar-refractivity contribution is 0.551. The van der Waals surface area contributed by atoms with Crippen LogP contribution in [-0.4, -0.2) is 18.8 Å². The molecule has 4 aromatic heterocycles. The molecule has 0 saturated carbocycles. The zero-order valence-corrected chi connectivity index (χ0v) is 57.5. The van der Waals surface area contributed by atoms with Crippen LogP contribution in [0.25, 0.3) is 98.0 Å². The quantitative estimate of drug-likeness (QED) is 0.0139. The van der Waals surface area contributed by atoms with Gasteiger partial charge < -0.3 is 11.5 Å². The van der Waals surface area contributed by atoms with Crippen LogP contribution in [0.4, 0.5) is 11.4 Å². The second-order valence-electron chi connectivity index (χ2n) is 27.3. The number of unbranched alkanes of at least 4 members (excludes halogenated alkanes) is 33. The Kier molecular flexibility index (Phi) is 24.6. The highest BCUT2D eigenvalue weighted by Crippen LogP contribution is 2.46. The molecule has 0 spiro atoms. The van der Waals surface area contributed by atoms with E-state index in [2.05, 4.69) is 92.7 Å². The number of hydrogen-bond donors (Lipinski definition) is 2. The van der Waals surface area contributed by atoms with Gasteiger partial charge in [0, 0.05) is 68.3 Å². The van der Waals surface area contributed by atoms with E-state index in [0.29, 0.717) is 33.4 Å². The molecule has 8 nitrogen and oxygen atoms in total. The molecule has 492 valence electrons. The first-order chi connectivity index (χ1) is 46.8. The van der Waals surface area contributed by atoms with Crippen LogP contribution in [0, 0.1) is 35.5 Å². The number of nitrogens with zero attached hydrogens (tertiary/aromatic N) is 4. The van der Waals surface area contributed by atoms with Crippen molar-refractivity contribution in [2.24, 2.45) is 0 Å². The summed E-state index contributed by atoms with van der Waals surface area (Å²) in [4.78, 5) is 39.6. The van der Waals surface area contributed by atoms with Crippen molar-refractivity contribution in [3.8, 4) is 35.5 Å². The third-order valence-electron chi connectivity index (χ3n) is 20.1. The second-order valence-corrected chi connectivity index (χ2v) is 27.3. The average molecular weight is 1260 g/mol. The number of nitrogen functional groups attached to an aromatic ring is 2. The van der Waals surface area contributed by atoms with Crippen molar-refractivity contribution in [1.82, 2.24) is 18.8 Å². The molecule has 8 aromatic carbocycles. The molecule has 8 heteroatoms. The summed E-state index contributed by atoms with van der Waals surface area (Å²) in [7, 11) is 0. The van der Waals surface area contributed by atoms with Crippen molar-refractivity contribution < 1.29 is 0 Å². The predicted molar refractivity (Wildman–Crippen MR) is 409 cm³/mol. The van der Waals surface area contributed by atoms with Crippen LogP contribution in [0.2, 0.25) is 0 Å². The van der Waals surface area contributed by atoms with Crippen LogP contribution in [0.3, 0.4) is 0 Å². The van der Waals surface area contributed by atoms with E-state index in [0.717, 1.165) is 125 Å². The van der Waals surface area contributed by atoms with E-state index in [-0.39, 0.29) is 11.1 Å². The molecule has 12 aromatic rings. The number of hydrogen-bond acceptors (Lipinski definition) is 6. The minimum Gasteiger partial charge on any atom is -0.397 e. The lowest BCUT2D eigenvalue weighted by Gasteiger charge is -2.18. The summed E-state index contributed by atoms with van der Waals surface area (Å²) in [5, 5.41) is 11.4. The van der Waals surface area contributed by atoms with E-state index in [9.17, 15) is 9.59 Å². The third kappa shape index (κ3) is 16.3. The van der Waals surface area contributed by atoms with Gasteiger partial charge in [-0.1, -0.05) is 273 Å². The molecule has 4 heterocycles. The Labute approximate surface area is 564 Å². The van der Waals surface area contributed by atoms with E-state index < -0.39 is 0 Å². The number of aromatic nitrogens is 4. The summed E-state index contributed by atoms with van der Waals surface area (Å²) in [5.74, 6) is 20.0. The van der Waals surface area contributed by atoms with E-state index in [4.69, 9.17) is 21.4 Å². The first-order valence-electron chi connectivity index (χ1n) is 37.3. The molecule has 0 aliphatic heterocycles. The van der Waals surface area contributed by atoms with Crippen molar-refractivity contribution >= 4 is 109 Å². The van der Waals surface area contributed by atoms with Crippen LogP contribution >= 0.6 is 0 Å². The summed E-state index contributed by atoms with van der Waals surface area (Å²) >= 11 is 0. The van der Waals surface area contributed by atoms with Gasteiger partial charge in [0.25, 0.3) is 11.1 Å². The Bertz CT molecular complexity index is 4560. The van der Waals surface area contributed by atoms with Gasteiger partial charge in [-0.2, -0.15) is 0 Å². The molecule has 0 unspecified atom stereocenters. The SMILES string of the molecule is CCCCCCCCCCCCCC#Cc1ccc(N)c(N)c1.CCCCCCCCCCCCCC#Cc1ccc2nc3c4ccc5c6ccc7c(=O)n8c9cc(C#CCCCCCCCCCCCCC)ccc9nc8c8ccc(c9ccc(c(=O)n3c2c1)c4c95)c6c78. The zero-order valence-electron chi connectivity index (χ0n) is 57.5. The minimum atomic E-state index is -0.0752. The Balaban J connectivity index is 0.000000340. The molecule has 0 radical (unpaired) electrons. The molecule has 0 fully saturated rings.